The monoisotopic (exact) mass is 475 g/mol. The number of carbonyl (C=O) groups is 5. The number of aliphatic hydroxyl groups is 1. The van der Waals surface area contributed by atoms with Crippen molar-refractivity contribution in [3.63, 3.8) is 0 Å². The minimum atomic E-state index is -1.68. The fourth-order valence-corrected chi connectivity index (χ4v) is 2.84. The van der Waals surface area contributed by atoms with E-state index in [1.165, 1.54) is 6.92 Å². The maximum Gasteiger partial charge on any atom is 0.326 e. The van der Waals surface area contributed by atoms with E-state index in [0.717, 1.165) is 0 Å². The Morgan fingerprint density at radius 1 is 0.879 bits per heavy atom. The van der Waals surface area contributed by atoms with Crippen LogP contribution in [-0.2, 0) is 24.0 Å². The summed E-state index contributed by atoms with van der Waals surface area (Å²) in [5, 5.41) is 34.7. The lowest BCUT2D eigenvalue weighted by Gasteiger charge is -2.28. The van der Waals surface area contributed by atoms with E-state index < -0.39 is 66.4 Å². The quantitative estimate of drug-likeness (QED) is 0.113. The van der Waals surface area contributed by atoms with E-state index in [-0.39, 0.29) is 12.3 Å². The van der Waals surface area contributed by atoms with Crippen molar-refractivity contribution in [3.05, 3.63) is 0 Å². The molecule has 0 saturated carbocycles. The smallest absolute Gasteiger partial charge is 0.326 e. The van der Waals surface area contributed by atoms with Gasteiger partial charge in [-0.3, -0.25) is 19.2 Å². The van der Waals surface area contributed by atoms with Gasteiger partial charge in [-0.15, -0.1) is 0 Å². The van der Waals surface area contributed by atoms with E-state index in [9.17, 15) is 34.2 Å². The molecule has 0 spiro atoms. The van der Waals surface area contributed by atoms with Gasteiger partial charge in [0.05, 0.1) is 12.5 Å². The van der Waals surface area contributed by atoms with Gasteiger partial charge in [-0.2, -0.15) is 0 Å². The van der Waals surface area contributed by atoms with Crippen LogP contribution in [0.25, 0.3) is 0 Å². The number of carbonyl (C=O) groups excluding carboxylic acids is 3. The number of aliphatic hydroxyl groups excluding tert-OH is 1. The summed E-state index contributed by atoms with van der Waals surface area (Å²) in [4.78, 5) is 60.1. The summed E-state index contributed by atoms with van der Waals surface area (Å²) in [6, 6.07) is -5.21. The molecule has 33 heavy (non-hydrogen) atoms. The first-order valence-corrected chi connectivity index (χ1v) is 10.8. The second-order valence-corrected chi connectivity index (χ2v) is 7.98. The van der Waals surface area contributed by atoms with Crippen LogP contribution in [0.4, 0.5) is 0 Å². The Labute approximate surface area is 192 Å². The van der Waals surface area contributed by atoms with Crippen LogP contribution in [-0.4, -0.2) is 81.8 Å². The molecule has 13 nitrogen and oxygen atoms in total. The highest BCUT2D eigenvalue weighted by atomic mass is 16.4. The first kappa shape index (κ1) is 30.2. The zero-order chi connectivity index (χ0) is 25.7. The zero-order valence-electron chi connectivity index (χ0n) is 19.2. The molecule has 0 radical (unpaired) electrons. The molecule has 0 aliphatic heterocycles. The predicted molar refractivity (Wildman–Crippen MR) is 118 cm³/mol. The third-order valence-corrected chi connectivity index (χ3v) is 5.19. The summed E-state index contributed by atoms with van der Waals surface area (Å²) in [7, 11) is 0. The number of carboxylic acid groups (broad SMARTS) is 2. The Morgan fingerprint density at radius 2 is 1.45 bits per heavy atom. The zero-order valence-corrected chi connectivity index (χ0v) is 19.2. The molecule has 0 heterocycles. The number of nitrogens with two attached hydrogens (primary N) is 2. The molecule has 6 unspecified atom stereocenters. The lowest BCUT2D eigenvalue weighted by molar-refractivity contribution is -0.147. The number of aliphatic carboxylic acids is 2. The normalized spacial score (nSPS) is 16.4. The highest BCUT2D eigenvalue weighted by Gasteiger charge is 2.33. The molecule has 0 bridgehead atoms. The van der Waals surface area contributed by atoms with Crippen LogP contribution in [0.15, 0.2) is 0 Å². The lowest BCUT2D eigenvalue weighted by Crippen LogP contribution is -2.59. The van der Waals surface area contributed by atoms with Crippen LogP contribution in [0.2, 0.25) is 0 Å². The van der Waals surface area contributed by atoms with Gasteiger partial charge in [0, 0.05) is 0 Å². The Hall–Kier alpha value is -2.77. The largest absolute Gasteiger partial charge is 0.481 e. The maximum atomic E-state index is 13.0. The summed E-state index contributed by atoms with van der Waals surface area (Å²) in [6.07, 6.45) is -0.422. The van der Waals surface area contributed by atoms with Crippen molar-refractivity contribution in [1.82, 2.24) is 16.0 Å². The van der Waals surface area contributed by atoms with Crippen molar-refractivity contribution >= 4 is 29.7 Å². The summed E-state index contributed by atoms with van der Waals surface area (Å²) >= 11 is 0. The van der Waals surface area contributed by atoms with Gasteiger partial charge in [-0.1, -0.05) is 20.3 Å². The van der Waals surface area contributed by atoms with Gasteiger partial charge in [-0.25, -0.2) is 4.79 Å². The number of hydrogen-bond acceptors (Lipinski definition) is 8. The second kappa shape index (κ2) is 15.1. The summed E-state index contributed by atoms with van der Waals surface area (Å²) in [5.41, 5.74) is 11.1. The molecule has 0 saturated heterocycles. The molecule has 0 rings (SSSR count). The van der Waals surface area contributed by atoms with Crippen LogP contribution in [0.5, 0.6) is 0 Å². The van der Waals surface area contributed by atoms with Crippen molar-refractivity contribution < 1.29 is 39.3 Å². The van der Waals surface area contributed by atoms with Crippen molar-refractivity contribution in [2.24, 2.45) is 17.4 Å². The molecule has 0 aliphatic carbocycles. The lowest BCUT2D eigenvalue weighted by atomic mass is 9.96. The molecule has 0 aromatic carbocycles. The highest BCUT2D eigenvalue weighted by molar-refractivity contribution is 5.94. The highest BCUT2D eigenvalue weighted by Crippen LogP contribution is 2.11. The molecular weight excluding hydrogens is 438 g/mol. The second-order valence-electron chi connectivity index (χ2n) is 7.98. The fraction of sp³-hybridized carbons (Fsp3) is 0.750. The van der Waals surface area contributed by atoms with Crippen LogP contribution in [0, 0.1) is 5.92 Å². The SMILES string of the molecule is CCC(C)C(NC(=O)C(N)C(C)O)C(=O)NC(CCCCN)C(=O)NC(CC(=O)O)C(=O)O. The third-order valence-electron chi connectivity index (χ3n) is 5.19. The van der Waals surface area contributed by atoms with E-state index >= 15 is 0 Å². The minimum Gasteiger partial charge on any atom is -0.481 e. The topological polar surface area (TPSA) is 234 Å². The van der Waals surface area contributed by atoms with Gasteiger partial charge in [0.15, 0.2) is 0 Å². The Balaban J connectivity index is 5.59. The van der Waals surface area contributed by atoms with Gasteiger partial charge in [0.2, 0.25) is 17.7 Å². The molecule has 6 atom stereocenters. The van der Waals surface area contributed by atoms with Gasteiger partial charge >= 0.3 is 11.9 Å². The molecule has 190 valence electrons. The van der Waals surface area contributed by atoms with Gasteiger partial charge in [0.1, 0.15) is 24.2 Å². The van der Waals surface area contributed by atoms with Crippen LogP contribution < -0.4 is 27.4 Å². The predicted octanol–water partition coefficient (Wildman–Crippen LogP) is -2.12. The fourth-order valence-electron chi connectivity index (χ4n) is 2.84. The average molecular weight is 476 g/mol. The standard InChI is InChI=1S/C20H37N5O8/c1-4-10(2)16(25-18(30)15(22)11(3)26)19(31)23-12(7-5-6-8-21)17(29)24-13(20(32)33)9-14(27)28/h10-13,15-16,26H,4-9,21-22H2,1-3H3,(H,23,31)(H,24,29)(H,25,30)(H,27,28)(H,32,33). The molecule has 0 fully saturated rings. The number of hydrogen-bond donors (Lipinski definition) is 8. The first-order valence-electron chi connectivity index (χ1n) is 10.8. The number of nitrogens with one attached hydrogen (secondary N) is 3. The molecule has 0 aromatic heterocycles. The molecule has 13 heteroatoms. The van der Waals surface area contributed by atoms with E-state index in [4.69, 9.17) is 16.6 Å². The first-order chi connectivity index (χ1) is 15.3. The molecule has 0 aromatic rings. The van der Waals surface area contributed by atoms with Crippen LogP contribution >= 0.6 is 0 Å². The minimum absolute atomic E-state index is 0.114. The van der Waals surface area contributed by atoms with Gasteiger partial charge < -0.3 is 42.7 Å². The Kier molecular flexibility index (Phi) is 13.9. The van der Waals surface area contributed by atoms with E-state index in [1.807, 2.05) is 0 Å². The number of unbranched alkanes of at least 4 members (excludes halogenated alkanes) is 1. The summed E-state index contributed by atoms with van der Waals surface area (Å²) in [6.45, 7) is 5.16. The van der Waals surface area contributed by atoms with Crippen molar-refractivity contribution in [2.45, 2.75) is 83.1 Å². The molecule has 0 aliphatic rings. The Morgan fingerprint density at radius 3 is 1.91 bits per heavy atom. The van der Waals surface area contributed by atoms with Gasteiger partial charge in [-0.05, 0) is 38.6 Å². The van der Waals surface area contributed by atoms with Crippen LogP contribution in [0.3, 0.4) is 0 Å². The third kappa shape index (κ3) is 11.1. The van der Waals surface area contributed by atoms with Crippen molar-refractivity contribution in [1.29, 1.82) is 0 Å². The number of amides is 3. The average Bonchev–Trinajstić information content (AvgIpc) is 2.74. The summed E-state index contributed by atoms with van der Waals surface area (Å²) in [5.74, 6) is -5.63. The van der Waals surface area contributed by atoms with Crippen LogP contribution in [0.1, 0.15) is 52.9 Å². The molecule has 3 amide bonds. The van der Waals surface area contributed by atoms with Crippen molar-refractivity contribution in [2.75, 3.05) is 6.54 Å². The van der Waals surface area contributed by atoms with E-state index in [2.05, 4.69) is 16.0 Å². The molecule has 10 N–H and O–H groups in total. The van der Waals surface area contributed by atoms with E-state index in [1.54, 1.807) is 13.8 Å². The van der Waals surface area contributed by atoms with Crippen molar-refractivity contribution in [3.8, 4) is 0 Å². The van der Waals surface area contributed by atoms with E-state index in [0.29, 0.717) is 25.8 Å². The van der Waals surface area contributed by atoms with Gasteiger partial charge in [0.25, 0.3) is 0 Å². The summed E-state index contributed by atoms with van der Waals surface area (Å²) < 4.78 is 0. The maximum absolute atomic E-state index is 13.0. The number of carboxylic acids is 2. The number of rotatable bonds is 16. The Bertz CT molecular complexity index is 687. The molecular formula is C20H37N5O8.